The van der Waals surface area contributed by atoms with Crippen LogP contribution < -0.4 is 0 Å². The Balaban J connectivity index is 1.86. The fourth-order valence-corrected chi connectivity index (χ4v) is 3.25. The molecule has 8 nitrogen and oxygen atoms in total. The van der Waals surface area contributed by atoms with Crippen molar-refractivity contribution < 1.29 is 27.2 Å². The second-order valence-corrected chi connectivity index (χ2v) is 6.53. The van der Waals surface area contributed by atoms with Crippen molar-refractivity contribution in [3.8, 4) is 16.8 Å². The van der Waals surface area contributed by atoms with Crippen LogP contribution in [0.25, 0.3) is 22.3 Å². The maximum absolute atomic E-state index is 13.4. The normalized spacial score (nSPS) is 11.9. The molecule has 0 amide bonds. The molecule has 4 rings (SSSR count). The van der Waals surface area contributed by atoms with Crippen LogP contribution >= 0.6 is 0 Å². The Hall–Kier alpha value is -3.63. The Labute approximate surface area is 167 Å². The van der Waals surface area contributed by atoms with E-state index in [1.807, 2.05) is 0 Å². The highest BCUT2D eigenvalue weighted by atomic mass is 19.4. The van der Waals surface area contributed by atoms with E-state index in [2.05, 4.69) is 15.4 Å². The van der Waals surface area contributed by atoms with Gasteiger partial charge in [0.2, 0.25) is 0 Å². The molecule has 4 aromatic heterocycles. The molecule has 156 valence electrons. The van der Waals surface area contributed by atoms with Crippen molar-refractivity contribution in [2.24, 2.45) is 0 Å². The number of nitrogens with zero attached hydrogens (tertiary/aromatic N) is 5. The highest BCUT2D eigenvalue weighted by Gasteiger charge is 2.40. The van der Waals surface area contributed by atoms with E-state index >= 15 is 0 Å². The van der Waals surface area contributed by atoms with Gasteiger partial charge >= 0.3 is 12.1 Å². The quantitative estimate of drug-likeness (QED) is 0.465. The Morgan fingerprint density at radius 1 is 1.30 bits per heavy atom. The summed E-state index contributed by atoms with van der Waals surface area (Å²) in [5.74, 6) is -0.492. The second kappa shape index (κ2) is 7.01. The van der Waals surface area contributed by atoms with Crippen molar-refractivity contribution in [3.05, 3.63) is 53.4 Å². The summed E-state index contributed by atoms with van der Waals surface area (Å²) in [6.45, 7) is 5.01. The zero-order chi connectivity index (χ0) is 21.6. The van der Waals surface area contributed by atoms with Crippen LogP contribution in [0.15, 0.2) is 35.2 Å². The van der Waals surface area contributed by atoms with Crippen LogP contribution in [0.1, 0.15) is 34.4 Å². The highest BCUT2D eigenvalue weighted by molar-refractivity contribution is 5.91. The Morgan fingerprint density at radius 2 is 2.07 bits per heavy atom. The summed E-state index contributed by atoms with van der Waals surface area (Å²) in [4.78, 5) is 12.0. The second-order valence-electron chi connectivity index (χ2n) is 6.53. The molecular formula is C19H16F3N5O3. The minimum atomic E-state index is -4.81. The molecule has 0 fully saturated rings. The molecule has 4 aromatic rings. The van der Waals surface area contributed by atoms with Crippen molar-refractivity contribution in [2.45, 2.75) is 26.9 Å². The van der Waals surface area contributed by atoms with Gasteiger partial charge in [-0.15, -0.1) is 0 Å². The largest absolute Gasteiger partial charge is 0.462 e. The smallest absolute Gasteiger partial charge is 0.436 e. The van der Waals surface area contributed by atoms with Crippen molar-refractivity contribution in [2.75, 3.05) is 6.61 Å². The predicted molar refractivity (Wildman–Crippen MR) is 98.2 cm³/mol. The third-order valence-corrected chi connectivity index (χ3v) is 4.55. The molecule has 0 aliphatic rings. The van der Waals surface area contributed by atoms with E-state index in [4.69, 9.17) is 9.26 Å². The topological polar surface area (TPSA) is 87.5 Å². The number of carbonyl (C=O) groups is 1. The Bertz CT molecular complexity index is 1230. The number of carbonyl (C=O) groups excluding carboxylic acids is 1. The first-order valence-electron chi connectivity index (χ1n) is 8.95. The summed E-state index contributed by atoms with van der Waals surface area (Å²) in [6, 6.07) is 3.16. The maximum atomic E-state index is 13.4. The van der Waals surface area contributed by atoms with Gasteiger partial charge in [-0.25, -0.2) is 14.0 Å². The van der Waals surface area contributed by atoms with Gasteiger partial charge in [-0.2, -0.15) is 23.4 Å². The van der Waals surface area contributed by atoms with E-state index < -0.39 is 23.4 Å². The zero-order valence-electron chi connectivity index (χ0n) is 16.2. The van der Waals surface area contributed by atoms with Gasteiger partial charge in [0.15, 0.2) is 5.69 Å². The van der Waals surface area contributed by atoms with Gasteiger partial charge in [-0.05, 0) is 32.9 Å². The molecular weight excluding hydrogens is 403 g/mol. The van der Waals surface area contributed by atoms with Gasteiger partial charge in [0.25, 0.3) is 0 Å². The lowest BCUT2D eigenvalue weighted by molar-refractivity contribution is -0.141. The zero-order valence-corrected chi connectivity index (χ0v) is 16.2. The number of ether oxygens (including phenoxy) is 1. The van der Waals surface area contributed by atoms with Crippen LogP contribution in [0.2, 0.25) is 0 Å². The molecule has 30 heavy (non-hydrogen) atoms. The number of hydrogen-bond acceptors (Lipinski definition) is 6. The van der Waals surface area contributed by atoms with Crippen LogP contribution in [0.4, 0.5) is 13.2 Å². The number of rotatable bonds is 4. The third kappa shape index (κ3) is 3.21. The van der Waals surface area contributed by atoms with Gasteiger partial charge < -0.3 is 9.26 Å². The van der Waals surface area contributed by atoms with Gasteiger partial charge in [0.05, 0.1) is 35.3 Å². The first-order chi connectivity index (χ1) is 14.2. The van der Waals surface area contributed by atoms with E-state index in [1.165, 1.54) is 6.92 Å². The molecule has 0 radical (unpaired) electrons. The van der Waals surface area contributed by atoms with Crippen LogP contribution in [-0.2, 0) is 10.9 Å². The van der Waals surface area contributed by atoms with Crippen LogP contribution in [-0.4, -0.2) is 37.1 Å². The van der Waals surface area contributed by atoms with Crippen LogP contribution in [0.3, 0.4) is 0 Å². The number of fused-ring (bicyclic) bond motifs is 1. The summed E-state index contributed by atoms with van der Waals surface area (Å²) in [5.41, 5.74) is 1.10. The number of pyridine rings is 1. The Kier molecular flexibility index (Phi) is 4.60. The van der Waals surface area contributed by atoms with Crippen molar-refractivity contribution in [3.63, 3.8) is 0 Å². The van der Waals surface area contributed by atoms with E-state index in [-0.39, 0.29) is 6.61 Å². The lowest BCUT2D eigenvalue weighted by Gasteiger charge is -2.05. The molecule has 0 saturated carbocycles. The molecule has 0 N–H and O–H groups in total. The number of alkyl halides is 3. The number of halogens is 3. The molecule has 0 bridgehead atoms. The van der Waals surface area contributed by atoms with Crippen LogP contribution in [0.5, 0.6) is 0 Å². The number of esters is 1. The maximum Gasteiger partial charge on any atom is 0.436 e. The summed E-state index contributed by atoms with van der Waals surface area (Å²) < 4.78 is 52.7. The first-order valence-corrected chi connectivity index (χ1v) is 8.95. The molecule has 0 unspecified atom stereocenters. The molecule has 0 atom stereocenters. The predicted octanol–water partition coefficient (Wildman–Crippen LogP) is 3.99. The molecule has 4 heterocycles. The van der Waals surface area contributed by atoms with E-state index in [0.717, 1.165) is 16.4 Å². The fourth-order valence-electron chi connectivity index (χ4n) is 3.25. The summed E-state index contributed by atoms with van der Waals surface area (Å²) in [5, 5.41) is 11.8. The average molecular weight is 419 g/mol. The van der Waals surface area contributed by atoms with Crippen LogP contribution in [0, 0.1) is 13.8 Å². The molecule has 0 aromatic carbocycles. The lowest BCUT2D eigenvalue weighted by atomic mass is 10.1. The summed E-state index contributed by atoms with van der Waals surface area (Å²) in [6.07, 6.45) is -0.584. The first kappa shape index (κ1) is 19.7. The average Bonchev–Trinajstić information content (AvgIpc) is 3.38. The van der Waals surface area contributed by atoms with E-state index in [0.29, 0.717) is 28.2 Å². The van der Waals surface area contributed by atoms with E-state index in [9.17, 15) is 18.0 Å². The van der Waals surface area contributed by atoms with Gasteiger partial charge in [0.1, 0.15) is 11.3 Å². The minimum absolute atomic E-state index is 0.0517. The van der Waals surface area contributed by atoms with Gasteiger partial charge in [-0.3, -0.25) is 0 Å². The molecule has 11 heteroatoms. The molecule has 0 aliphatic carbocycles. The standard InChI is InChI=1S/C19H16F3N5O3/c1-4-29-18(28)14-9-27(24-17(14)19(20,21)22)12-5-6-26-15(7-12)13(8-23-26)16-10(2)25-30-11(16)3/h5-9H,4H2,1-3H3. The summed E-state index contributed by atoms with van der Waals surface area (Å²) >= 11 is 0. The lowest BCUT2D eigenvalue weighted by Crippen LogP contribution is -2.14. The van der Waals surface area contributed by atoms with Crippen molar-refractivity contribution in [1.29, 1.82) is 0 Å². The Morgan fingerprint density at radius 3 is 2.70 bits per heavy atom. The van der Waals surface area contributed by atoms with Crippen molar-refractivity contribution >= 4 is 11.5 Å². The number of hydrogen-bond donors (Lipinski definition) is 0. The molecule has 0 aliphatic heterocycles. The third-order valence-electron chi connectivity index (χ3n) is 4.55. The molecule has 0 spiro atoms. The fraction of sp³-hybridized carbons (Fsp3) is 0.263. The SMILES string of the molecule is CCOC(=O)c1cn(-c2ccn3ncc(-c4c(C)noc4C)c3c2)nc1C(F)(F)F. The monoisotopic (exact) mass is 419 g/mol. The minimum Gasteiger partial charge on any atom is -0.462 e. The van der Waals surface area contributed by atoms with Gasteiger partial charge in [0, 0.05) is 18.0 Å². The number of aryl methyl sites for hydroxylation is 2. The number of aromatic nitrogens is 5. The van der Waals surface area contributed by atoms with Crippen molar-refractivity contribution in [1.82, 2.24) is 24.6 Å². The van der Waals surface area contributed by atoms with E-state index in [1.54, 1.807) is 42.9 Å². The molecule has 0 saturated heterocycles. The van der Waals surface area contributed by atoms with Gasteiger partial charge in [-0.1, -0.05) is 5.16 Å². The highest BCUT2D eigenvalue weighted by Crippen LogP contribution is 2.33. The summed E-state index contributed by atoms with van der Waals surface area (Å²) in [7, 11) is 0.